The number of benzene rings is 8. The Morgan fingerprint density at radius 1 is 0.490 bits per heavy atom. The molecule has 246 valence electrons. The molecule has 0 saturated carbocycles. The van der Waals surface area contributed by atoms with Gasteiger partial charge in [0.05, 0.1) is 0 Å². The number of hydrogen-bond donors (Lipinski definition) is 0. The molecular weight excluding hydrogens is 613 g/mol. The fraction of sp³-hybridized carbons (Fsp3) is 0.137. The second kappa shape index (κ2) is 13.2. The molecule has 0 N–H and O–H groups in total. The van der Waals surface area contributed by atoms with E-state index in [-0.39, 0.29) is 0 Å². The third-order valence-electron chi connectivity index (χ3n) is 11.2. The monoisotopic (exact) mass is 654 g/mol. The molecule has 0 heteroatoms. The van der Waals surface area contributed by atoms with Crippen LogP contribution in [0.2, 0.25) is 0 Å². The summed E-state index contributed by atoms with van der Waals surface area (Å²) in [5.74, 6) is 0.791. The van der Waals surface area contributed by atoms with E-state index in [2.05, 4.69) is 184 Å². The number of rotatable bonds is 7. The van der Waals surface area contributed by atoms with E-state index in [1.54, 1.807) is 0 Å². The summed E-state index contributed by atoms with van der Waals surface area (Å²) in [6.07, 6.45) is 10.7. The Kier molecular flexibility index (Phi) is 8.09. The normalized spacial score (nSPS) is 15.9. The van der Waals surface area contributed by atoms with Gasteiger partial charge in [-0.1, -0.05) is 184 Å². The Balaban J connectivity index is 1.19. The topological polar surface area (TPSA) is 0 Å². The fourth-order valence-electron chi connectivity index (χ4n) is 8.84. The SMILES string of the molecule is CCCc1cccc2c(-c3c4ccccc4c(-c4cccc(C5=CC(CC)C(c6cccc7ccccc67)C=C5)c4)c4ccccc34)cccc12. The van der Waals surface area contributed by atoms with Gasteiger partial charge in [-0.25, -0.2) is 0 Å². The van der Waals surface area contributed by atoms with Crippen LogP contribution in [0, 0.1) is 5.92 Å². The van der Waals surface area contributed by atoms with Crippen molar-refractivity contribution in [3.63, 3.8) is 0 Å². The minimum absolute atomic E-state index is 0.362. The molecule has 0 aliphatic heterocycles. The Morgan fingerprint density at radius 2 is 1.08 bits per heavy atom. The number of hydrogen-bond acceptors (Lipinski definition) is 0. The minimum atomic E-state index is 0.362. The van der Waals surface area contributed by atoms with Gasteiger partial charge in [0, 0.05) is 5.92 Å². The molecule has 1 aliphatic rings. The third-order valence-corrected chi connectivity index (χ3v) is 11.2. The highest BCUT2D eigenvalue weighted by Crippen LogP contribution is 2.46. The maximum Gasteiger partial charge on any atom is 0.00905 e. The zero-order valence-electron chi connectivity index (χ0n) is 29.4. The first-order chi connectivity index (χ1) is 25.2. The fourth-order valence-corrected chi connectivity index (χ4v) is 8.84. The maximum absolute atomic E-state index is 2.53. The first kappa shape index (κ1) is 31.3. The lowest BCUT2D eigenvalue weighted by Gasteiger charge is -2.27. The van der Waals surface area contributed by atoms with E-state index in [4.69, 9.17) is 0 Å². The van der Waals surface area contributed by atoms with Crippen LogP contribution in [-0.4, -0.2) is 0 Å². The summed E-state index contributed by atoms with van der Waals surface area (Å²) in [6.45, 7) is 4.59. The van der Waals surface area contributed by atoms with E-state index < -0.39 is 0 Å². The molecule has 9 rings (SSSR count). The summed E-state index contributed by atoms with van der Waals surface area (Å²) in [6, 6.07) is 56.6. The summed E-state index contributed by atoms with van der Waals surface area (Å²) in [4.78, 5) is 0. The first-order valence-electron chi connectivity index (χ1n) is 18.7. The highest BCUT2D eigenvalue weighted by Gasteiger charge is 2.24. The van der Waals surface area contributed by atoms with Crippen molar-refractivity contribution < 1.29 is 0 Å². The molecule has 0 fully saturated rings. The van der Waals surface area contributed by atoms with E-state index in [1.807, 2.05) is 0 Å². The van der Waals surface area contributed by atoms with Gasteiger partial charge in [-0.2, -0.15) is 0 Å². The zero-order valence-corrected chi connectivity index (χ0v) is 29.4. The molecule has 8 aromatic rings. The van der Waals surface area contributed by atoms with Gasteiger partial charge in [0.25, 0.3) is 0 Å². The third kappa shape index (κ3) is 5.38. The molecule has 0 radical (unpaired) electrons. The molecule has 8 aromatic carbocycles. The molecule has 0 amide bonds. The summed E-state index contributed by atoms with van der Waals surface area (Å²) in [7, 11) is 0. The largest absolute Gasteiger partial charge is 0.0758 e. The minimum Gasteiger partial charge on any atom is -0.0758 e. The number of allylic oxidation sites excluding steroid dienone is 4. The van der Waals surface area contributed by atoms with E-state index in [9.17, 15) is 0 Å². The van der Waals surface area contributed by atoms with Crippen molar-refractivity contribution in [2.45, 2.75) is 39.0 Å². The molecule has 0 saturated heterocycles. The summed E-state index contributed by atoms with van der Waals surface area (Å²) in [5.41, 5.74) is 10.6. The van der Waals surface area contributed by atoms with E-state index in [1.165, 1.54) is 87.6 Å². The Labute approximate surface area is 301 Å². The molecule has 51 heavy (non-hydrogen) atoms. The summed E-state index contributed by atoms with van der Waals surface area (Å²) >= 11 is 0. The van der Waals surface area contributed by atoms with E-state index in [0.29, 0.717) is 11.8 Å². The molecule has 0 aromatic heterocycles. The quantitative estimate of drug-likeness (QED) is 0.150. The van der Waals surface area contributed by atoms with Crippen molar-refractivity contribution in [1.82, 2.24) is 0 Å². The van der Waals surface area contributed by atoms with Gasteiger partial charge in [0.1, 0.15) is 0 Å². The average molecular weight is 655 g/mol. The van der Waals surface area contributed by atoms with Gasteiger partial charge >= 0.3 is 0 Å². The molecule has 1 aliphatic carbocycles. The molecule has 0 bridgehead atoms. The van der Waals surface area contributed by atoms with Crippen molar-refractivity contribution >= 4 is 48.7 Å². The lowest BCUT2D eigenvalue weighted by molar-refractivity contribution is 0.564. The second-order valence-electron chi connectivity index (χ2n) is 14.1. The van der Waals surface area contributed by atoms with E-state index in [0.717, 1.165) is 19.3 Å². The highest BCUT2D eigenvalue weighted by molar-refractivity contribution is 6.23. The predicted molar refractivity (Wildman–Crippen MR) is 221 cm³/mol. The Bertz CT molecular complexity index is 2590. The van der Waals surface area contributed by atoms with Crippen molar-refractivity contribution in [3.05, 3.63) is 187 Å². The van der Waals surface area contributed by atoms with Crippen LogP contribution in [0.25, 0.3) is 70.9 Å². The molecule has 0 spiro atoms. The predicted octanol–water partition coefficient (Wildman–Crippen LogP) is 14.3. The van der Waals surface area contributed by atoms with Crippen LogP contribution in [-0.2, 0) is 6.42 Å². The van der Waals surface area contributed by atoms with Gasteiger partial charge in [-0.05, 0) is 112 Å². The van der Waals surface area contributed by atoms with Crippen LogP contribution < -0.4 is 0 Å². The van der Waals surface area contributed by atoms with Crippen molar-refractivity contribution in [2.24, 2.45) is 5.92 Å². The van der Waals surface area contributed by atoms with E-state index >= 15 is 0 Å². The molecule has 2 unspecified atom stereocenters. The van der Waals surface area contributed by atoms with Crippen LogP contribution in [0.3, 0.4) is 0 Å². The van der Waals surface area contributed by atoms with Gasteiger partial charge in [0.15, 0.2) is 0 Å². The maximum atomic E-state index is 2.53. The van der Waals surface area contributed by atoms with Gasteiger partial charge in [-0.3, -0.25) is 0 Å². The van der Waals surface area contributed by atoms with Crippen molar-refractivity contribution in [2.75, 3.05) is 0 Å². The summed E-state index contributed by atoms with van der Waals surface area (Å²) < 4.78 is 0. The van der Waals surface area contributed by atoms with Crippen LogP contribution in [0.1, 0.15) is 49.3 Å². The standard InChI is InChI=1S/C51H42/c1-3-15-35-17-12-28-44-41(35)26-14-29-45(44)51-48-24-9-7-22-46(48)50(47-23-8-10-25-49(47)51)39-20-11-19-37(33-39)38-30-31-42(34(4-2)32-38)43-27-13-18-36-16-5-6-21-40(36)43/h5-14,16-34,42H,3-4,15H2,1-2H3. The van der Waals surface area contributed by atoms with Crippen molar-refractivity contribution in [1.29, 1.82) is 0 Å². The Morgan fingerprint density at radius 3 is 1.82 bits per heavy atom. The molecule has 0 heterocycles. The first-order valence-corrected chi connectivity index (χ1v) is 18.7. The molecule has 0 nitrogen and oxygen atoms in total. The van der Waals surface area contributed by atoms with Crippen LogP contribution in [0.5, 0.6) is 0 Å². The Hall–Kier alpha value is -5.72. The average Bonchev–Trinajstić information content (AvgIpc) is 3.19. The lowest BCUT2D eigenvalue weighted by Crippen LogP contribution is -2.12. The van der Waals surface area contributed by atoms with Gasteiger partial charge < -0.3 is 0 Å². The summed E-state index contributed by atoms with van der Waals surface area (Å²) in [5, 5.41) is 10.5. The number of aryl methyl sites for hydroxylation is 1. The highest BCUT2D eigenvalue weighted by atomic mass is 14.3. The van der Waals surface area contributed by atoms with Crippen LogP contribution in [0.15, 0.2) is 170 Å². The molecular formula is C51H42. The van der Waals surface area contributed by atoms with Gasteiger partial charge in [-0.15, -0.1) is 0 Å². The number of fused-ring (bicyclic) bond motifs is 4. The smallest absolute Gasteiger partial charge is 0.00905 e. The van der Waals surface area contributed by atoms with Crippen LogP contribution in [0.4, 0.5) is 0 Å². The van der Waals surface area contributed by atoms with Gasteiger partial charge in [0.2, 0.25) is 0 Å². The molecule has 2 atom stereocenters. The zero-order chi connectivity index (χ0) is 34.3. The van der Waals surface area contributed by atoms with Crippen molar-refractivity contribution in [3.8, 4) is 22.3 Å². The lowest BCUT2D eigenvalue weighted by atomic mass is 9.77. The second-order valence-corrected chi connectivity index (χ2v) is 14.1. The van der Waals surface area contributed by atoms with Crippen LogP contribution >= 0.6 is 0 Å².